The van der Waals surface area contributed by atoms with Gasteiger partial charge in [-0.1, -0.05) is 12.1 Å². The van der Waals surface area contributed by atoms with Gasteiger partial charge in [-0.2, -0.15) is 0 Å². The van der Waals surface area contributed by atoms with Gasteiger partial charge in [0.05, 0.1) is 15.8 Å². The van der Waals surface area contributed by atoms with Gasteiger partial charge in [-0.3, -0.25) is 19.3 Å². The van der Waals surface area contributed by atoms with E-state index in [4.69, 9.17) is 4.74 Å². The highest BCUT2D eigenvalue weighted by atomic mass is 79.9. The van der Waals surface area contributed by atoms with Crippen molar-refractivity contribution >= 4 is 45.4 Å². The van der Waals surface area contributed by atoms with Crippen LogP contribution in [-0.4, -0.2) is 30.2 Å². The number of carbonyl (C=O) groups is 3. The summed E-state index contributed by atoms with van der Waals surface area (Å²) in [4.78, 5) is 37.5. The van der Waals surface area contributed by atoms with Crippen LogP contribution >= 0.6 is 15.9 Å². The molecule has 134 valence electrons. The number of amides is 2. The van der Waals surface area contributed by atoms with Crippen molar-refractivity contribution in [3.05, 3.63) is 52.5 Å². The fourth-order valence-corrected chi connectivity index (χ4v) is 3.32. The van der Waals surface area contributed by atoms with Crippen LogP contribution < -0.4 is 15.0 Å². The number of ether oxygens (including phenoxy) is 1. The number of nitrogens with one attached hydrogen (secondary N) is 1. The van der Waals surface area contributed by atoms with E-state index in [1.807, 2.05) is 6.07 Å². The van der Waals surface area contributed by atoms with Crippen LogP contribution in [0.2, 0.25) is 0 Å². The third kappa shape index (κ3) is 3.22. The van der Waals surface area contributed by atoms with Crippen molar-refractivity contribution < 1.29 is 19.1 Å². The predicted octanol–water partition coefficient (Wildman–Crippen LogP) is 3.40. The molecular formula is C19H17BrN2O4. The van der Waals surface area contributed by atoms with Crippen LogP contribution in [0, 0.1) is 0 Å². The van der Waals surface area contributed by atoms with Crippen LogP contribution in [0.5, 0.6) is 5.75 Å². The highest BCUT2D eigenvalue weighted by molar-refractivity contribution is 9.10. The zero-order valence-electron chi connectivity index (χ0n) is 14.3. The summed E-state index contributed by atoms with van der Waals surface area (Å²) < 4.78 is 6.18. The SMILES string of the molecule is CC1(C)C(=O)Nc2ccccc2N1C(=O)COc1ccc(C=O)cc1Br. The molecule has 2 aromatic rings. The highest BCUT2D eigenvalue weighted by Crippen LogP contribution is 2.36. The molecular weight excluding hydrogens is 400 g/mol. The Labute approximate surface area is 159 Å². The standard InChI is InChI=1S/C19H17BrN2O4/c1-19(2)18(25)21-14-5-3-4-6-15(14)22(19)17(24)11-26-16-8-7-12(10-23)9-13(16)20/h3-10H,11H2,1-2H3,(H,21,25). The van der Waals surface area contributed by atoms with E-state index in [1.165, 1.54) is 4.90 Å². The number of benzene rings is 2. The molecule has 0 bridgehead atoms. The molecule has 3 rings (SSSR count). The largest absolute Gasteiger partial charge is 0.483 e. The molecule has 2 aromatic carbocycles. The molecule has 1 heterocycles. The molecule has 1 aliphatic rings. The maximum absolute atomic E-state index is 12.9. The van der Waals surface area contributed by atoms with Gasteiger partial charge in [-0.25, -0.2) is 0 Å². The van der Waals surface area contributed by atoms with Gasteiger partial charge >= 0.3 is 0 Å². The first kappa shape index (κ1) is 18.1. The second-order valence-electron chi connectivity index (χ2n) is 6.36. The number of aldehydes is 1. The van der Waals surface area contributed by atoms with Crippen LogP contribution in [0.15, 0.2) is 46.9 Å². The minimum atomic E-state index is -1.05. The number of fused-ring (bicyclic) bond motifs is 1. The molecule has 6 nitrogen and oxygen atoms in total. The summed E-state index contributed by atoms with van der Waals surface area (Å²) in [5.74, 6) is -0.166. The Morgan fingerprint density at radius 1 is 1.27 bits per heavy atom. The number of para-hydroxylation sites is 2. The third-order valence-electron chi connectivity index (χ3n) is 4.20. The molecule has 0 saturated carbocycles. The number of hydrogen-bond donors (Lipinski definition) is 1. The molecule has 0 fully saturated rings. The van der Waals surface area contributed by atoms with Crippen LogP contribution in [0.1, 0.15) is 24.2 Å². The van der Waals surface area contributed by atoms with E-state index in [9.17, 15) is 14.4 Å². The van der Waals surface area contributed by atoms with Crippen LogP contribution in [-0.2, 0) is 9.59 Å². The third-order valence-corrected chi connectivity index (χ3v) is 4.82. The summed E-state index contributed by atoms with van der Waals surface area (Å²) in [6.45, 7) is 3.13. The summed E-state index contributed by atoms with van der Waals surface area (Å²) in [5.41, 5.74) is 0.661. The quantitative estimate of drug-likeness (QED) is 0.774. The second kappa shape index (κ2) is 6.92. The van der Waals surface area contributed by atoms with E-state index in [0.717, 1.165) is 6.29 Å². The Morgan fingerprint density at radius 3 is 2.69 bits per heavy atom. The second-order valence-corrected chi connectivity index (χ2v) is 7.21. The monoisotopic (exact) mass is 416 g/mol. The molecule has 0 aromatic heterocycles. The molecule has 0 unspecified atom stereocenters. The number of rotatable bonds is 4. The van der Waals surface area contributed by atoms with Gasteiger partial charge in [-0.15, -0.1) is 0 Å². The van der Waals surface area contributed by atoms with E-state index < -0.39 is 5.54 Å². The topological polar surface area (TPSA) is 75.7 Å². The highest BCUT2D eigenvalue weighted by Gasteiger charge is 2.43. The minimum Gasteiger partial charge on any atom is -0.483 e. The van der Waals surface area contributed by atoms with Gasteiger partial charge in [0.1, 0.15) is 17.6 Å². The fraction of sp³-hybridized carbons (Fsp3) is 0.211. The molecule has 0 aliphatic carbocycles. The summed E-state index contributed by atoms with van der Waals surface area (Å²) in [6.07, 6.45) is 0.728. The molecule has 7 heteroatoms. The van der Waals surface area contributed by atoms with E-state index >= 15 is 0 Å². The minimum absolute atomic E-state index is 0.246. The van der Waals surface area contributed by atoms with Gasteiger partial charge < -0.3 is 10.1 Å². The van der Waals surface area contributed by atoms with E-state index in [1.54, 1.807) is 50.2 Å². The lowest BCUT2D eigenvalue weighted by molar-refractivity contribution is -0.127. The molecule has 0 spiro atoms. The lowest BCUT2D eigenvalue weighted by atomic mass is 9.96. The first-order valence-electron chi connectivity index (χ1n) is 7.95. The van der Waals surface area contributed by atoms with Crippen molar-refractivity contribution in [2.75, 3.05) is 16.8 Å². The summed E-state index contributed by atoms with van der Waals surface area (Å²) in [7, 11) is 0. The van der Waals surface area contributed by atoms with Crippen molar-refractivity contribution in [1.82, 2.24) is 0 Å². The predicted molar refractivity (Wildman–Crippen MR) is 102 cm³/mol. The van der Waals surface area contributed by atoms with Gasteiger partial charge in [0.25, 0.3) is 5.91 Å². The molecule has 0 radical (unpaired) electrons. The first-order chi connectivity index (χ1) is 12.3. The zero-order valence-corrected chi connectivity index (χ0v) is 15.9. The van der Waals surface area contributed by atoms with Crippen LogP contribution in [0.4, 0.5) is 11.4 Å². The molecule has 2 amide bonds. The normalized spacial score (nSPS) is 15.0. The van der Waals surface area contributed by atoms with Crippen molar-refractivity contribution in [1.29, 1.82) is 0 Å². The van der Waals surface area contributed by atoms with Gasteiger partial charge in [0.15, 0.2) is 6.61 Å². The Kier molecular flexibility index (Phi) is 4.82. The molecule has 0 atom stereocenters. The van der Waals surface area contributed by atoms with Gasteiger partial charge in [0, 0.05) is 5.56 Å². The van der Waals surface area contributed by atoms with E-state index in [-0.39, 0.29) is 18.4 Å². The van der Waals surface area contributed by atoms with E-state index in [2.05, 4.69) is 21.2 Å². The Balaban J connectivity index is 1.84. The molecule has 1 N–H and O–H groups in total. The molecule has 26 heavy (non-hydrogen) atoms. The van der Waals surface area contributed by atoms with Gasteiger partial charge in [-0.05, 0) is 60.1 Å². The van der Waals surface area contributed by atoms with Crippen LogP contribution in [0.25, 0.3) is 0 Å². The Morgan fingerprint density at radius 2 is 2.00 bits per heavy atom. The number of halogens is 1. The summed E-state index contributed by atoms with van der Waals surface area (Å²) >= 11 is 3.32. The molecule has 0 saturated heterocycles. The van der Waals surface area contributed by atoms with Gasteiger partial charge in [0.2, 0.25) is 5.91 Å². The average molecular weight is 417 g/mol. The molecule has 1 aliphatic heterocycles. The fourth-order valence-electron chi connectivity index (χ4n) is 2.81. The van der Waals surface area contributed by atoms with Crippen molar-refractivity contribution in [2.45, 2.75) is 19.4 Å². The lowest BCUT2D eigenvalue weighted by Crippen LogP contribution is -2.59. The average Bonchev–Trinajstić information content (AvgIpc) is 2.61. The number of anilines is 2. The smallest absolute Gasteiger partial charge is 0.265 e. The van der Waals surface area contributed by atoms with Crippen molar-refractivity contribution in [3.8, 4) is 5.75 Å². The Hall–Kier alpha value is -2.67. The maximum atomic E-state index is 12.9. The van der Waals surface area contributed by atoms with Crippen LogP contribution in [0.3, 0.4) is 0 Å². The van der Waals surface area contributed by atoms with E-state index in [0.29, 0.717) is 27.2 Å². The zero-order chi connectivity index (χ0) is 18.9. The number of nitrogens with zero attached hydrogens (tertiary/aromatic N) is 1. The number of carbonyl (C=O) groups excluding carboxylic acids is 3. The summed E-state index contributed by atoms with van der Waals surface area (Å²) in [6, 6.07) is 12.0. The summed E-state index contributed by atoms with van der Waals surface area (Å²) in [5, 5.41) is 2.82. The Bertz CT molecular complexity index is 895. The number of hydrogen-bond acceptors (Lipinski definition) is 4. The van der Waals surface area contributed by atoms with Crippen molar-refractivity contribution in [2.24, 2.45) is 0 Å². The lowest BCUT2D eigenvalue weighted by Gasteiger charge is -2.41. The van der Waals surface area contributed by atoms with Crippen molar-refractivity contribution in [3.63, 3.8) is 0 Å². The first-order valence-corrected chi connectivity index (χ1v) is 8.75. The maximum Gasteiger partial charge on any atom is 0.265 e.